The molecule has 0 fully saturated rings. The number of nitrogens with zero attached hydrogens (tertiary/aromatic N) is 4. The Balaban J connectivity index is 1.92. The number of hydrogen-bond donors (Lipinski definition) is 1. The fraction of sp³-hybridized carbons (Fsp3) is 0.176. The number of pyridine rings is 1. The normalized spacial score (nSPS) is 13.9. The predicted octanol–water partition coefficient (Wildman–Crippen LogP) is 1.91. The van der Waals surface area contributed by atoms with Gasteiger partial charge in [-0.25, -0.2) is 4.98 Å². The molecule has 1 aromatic carbocycles. The van der Waals surface area contributed by atoms with E-state index in [2.05, 4.69) is 20.3 Å². The summed E-state index contributed by atoms with van der Waals surface area (Å²) < 4.78 is 1.95. The number of anilines is 1. The number of aromatic nitrogens is 3. The van der Waals surface area contributed by atoms with Crippen LogP contribution in [-0.4, -0.2) is 27.0 Å². The first-order chi connectivity index (χ1) is 11.2. The van der Waals surface area contributed by atoms with Gasteiger partial charge in [0.05, 0.1) is 16.8 Å². The Morgan fingerprint density at radius 3 is 3.00 bits per heavy atom. The Morgan fingerprint density at radius 1 is 1.26 bits per heavy atom. The van der Waals surface area contributed by atoms with Crippen molar-refractivity contribution in [2.24, 2.45) is 4.99 Å². The van der Waals surface area contributed by atoms with Gasteiger partial charge in [0.25, 0.3) is 5.91 Å². The highest BCUT2D eigenvalue weighted by Gasteiger charge is 2.16. The average Bonchev–Trinajstić information content (AvgIpc) is 3.05. The molecule has 0 aliphatic carbocycles. The Hall–Kier alpha value is -3.02. The molecule has 6 heteroatoms. The van der Waals surface area contributed by atoms with Gasteiger partial charge in [-0.15, -0.1) is 0 Å². The summed E-state index contributed by atoms with van der Waals surface area (Å²) in [6, 6.07) is 11.3. The van der Waals surface area contributed by atoms with Gasteiger partial charge in [0, 0.05) is 24.7 Å². The van der Waals surface area contributed by atoms with Crippen molar-refractivity contribution < 1.29 is 4.79 Å². The van der Waals surface area contributed by atoms with Crippen molar-refractivity contribution in [3.05, 3.63) is 59.5 Å². The van der Waals surface area contributed by atoms with E-state index in [1.807, 2.05) is 28.8 Å². The molecule has 114 valence electrons. The number of hydrogen-bond acceptors (Lipinski definition) is 4. The molecule has 23 heavy (non-hydrogen) atoms. The number of benzene rings is 1. The monoisotopic (exact) mass is 305 g/mol. The van der Waals surface area contributed by atoms with Crippen LogP contribution in [0.5, 0.6) is 0 Å². The SMILES string of the molecule is Cc1ncccc1C(=O)N=c1nc2ccccc2c2n1CCN2. The molecule has 1 amide bonds. The van der Waals surface area contributed by atoms with Crippen molar-refractivity contribution in [2.75, 3.05) is 11.9 Å². The highest BCUT2D eigenvalue weighted by Crippen LogP contribution is 2.22. The lowest BCUT2D eigenvalue weighted by atomic mass is 10.2. The molecule has 0 radical (unpaired) electrons. The number of rotatable bonds is 1. The van der Waals surface area contributed by atoms with Crippen LogP contribution < -0.4 is 10.9 Å². The van der Waals surface area contributed by atoms with Gasteiger partial charge in [-0.2, -0.15) is 4.99 Å². The van der Waals surface area contributed by atoms with Crippen LogP contribution in [0.2, 0.25) is 0 Å². The van der Waals surface area contributed by atoms with Crippen LogP contribution in [0.1, 0.15) is 16.1 Å². The van der Waals surface area contributed by atoms with E-state index in [1.54, 1.807) is 25.3 Å². The number of carbonyl (C=O) groups excluding carboxylic acids is 1. The molecule has 0 spiro atoms. The molecule has 0 saturated heterocycles. The quantitative estimate of drug-likeness (QED) is 0.745. The van der Waals surface area contributed by atoms with E-state index < -0.39 is 0 Å². The maximum Gasteiger partial charge on any atom is 0.282 e. The standard InChI is InChI=1S/C17H15N5O/c1-11-12(6-4-8-18-11)16(23)21-17-20-14-7-3-2-5-13(14)15-19-9-10-22(15)17/h2-8,19H,9-10H2,1H3. The summed E-state index contributed by atoms with van der Waals surface area (Å²) in [5.41, 5.74) is 2.42. The molecule has 3 heterocycles. The largest absolute Gasteiger partial charge is 0.369 e. The van der Waals surface area contributed by atoms with Crippen LogP contribution in [0, 0.1) is 6.92 Å². The number of aryl methyl sites for hydroxylation is 1. The third kappa shape index (κ3) is 2.28. The molecule has 0 bridgehead atoms. The van der Waals surface area contributed by atoms with Crippen LogP contribution in [0.15, 0.2) is 47.6 Å². The summed E-state index contributed by atoms with van der Waals surface area (Å²) >= 11 is 0. The molecule has 0 atom stereocenters. The molecule has 1 N–H and O–H groups in total. The van der Waals surface area contributed by atoms with Gasteiger partial charge >= 0.3 is 0 Å². The molecular formula is C17H15N5O. The summed E-state index contributed by atoms with van der Waals surface area (Å²) in [6.45, 7) is 3.35. The smallest absolute Gasteiger partial charge is 0.282 e. The lowest BCUT2D eigenvalue weighted by molar-refractivity contribution is 0.0995. The molecule has 1 aliphatic rings. The Kier molecular flexibility index (Phi) is 3.15. The average molecular weight is 305 g/mol. The van der Waals surface area contributed by atoms with Gasteiger partial charge in [-0.05, 0) is 31.2 Å². The van der Waals surface area contributed by atoms with Crippen LogP contribution in [0.4, 0.5) is 5.82 Å². The fourth-order valence-corrected chi connectivity index (χ4v) is 2.82. The van der Waals surface area contributed by atoms with E-state index in [0.29, 0.717) is 16.9 Å². The fourth-order valence-electron chi connectivity index (χ4n) is 2.82. The van der Waals surface area contributed by atoms with Crippen molar-refractivity contribution in [1.29, 1.82) is 0 Å². The number of nitrogens with one attached hydrogen (secondary N) is 1. The van der Waals surface area contributed by atoms with Crippen molar-refractivity contribution in [3.63, 3.8) is 0 Å². The van der Waals surface area contributed by atoms with Crippen molar-refractivity contribution in [2.45, 2.75) is 13.5 Å². The summed E-state index contributed by atoms with van der Waals surface area (Å²) in [5, 5.41) is 4.38. The molecule has 2 aromatic heterocycles. The number of carbonyl (C=O) groups is 1. The molecular weight excluding hydrogens is 290 g/mol. The summed E-state index contributed by atoms with van der Waals surface area (Å²) in [6.07, 6.45) is 1.66. The minimum atomic E-state index is -0.319. The molecule has 4 rings (SSSR count). The summed E-state index contributed by atoms with van der Waals surface area (Å²) in [5.74, 6) is 0.644. The summed E-state index contributed by atoms with van der Waals surface area (Å²) in [7, 11) is 0. The van der Waals surface area contributed by atoms with E-state index in [0.717, 1.165) is 29.8 Å². The second-order valence-corrected chi connectivity index (χ2v) is 5.41. The number of fused-ring (bicyclic) bond motifs is 3. The second kappa shape index (κ2) is 5.31. The van der Waals surface area contributed by atoms with Crippen molar-refractivity contribution in [3.8, 4) is 0 Å². The lowest BCUT2D eigenvalue weighted by Crippen LogP contribution is -2.25. The van der Waals surface area contributed by atoms with Crippen LogP contribution in [-0.2, 0) is 6.54 Å². The first-order valence-electron chi connectivity index (χ1n) is 7.48. The third-order valence-corrected chi connectivity index (χ3v) is 3.96. The predicted molar refractivity (Wildman–Crippen MR) is 87.1 cm³/mol. The molecule has 0 unspecified atom stereocenters. The van der Waals surface area contributed by atoms with Gasteiger partial charge in [-0.3, -0.25) is 14.3 Å². The highest BCUT2D eigenvalue weighted by molar-refractivity contribution is 5.96. The van der Waals surface area contributed by atoms with Crippen LogP contribution in [0.25, 0.3) is 10.9 Å². The zero-order valence-electron chi connectivity index (χ0n) is 12.7. The number of amides is 1. The van der Waals surface area contributed by atoms with E-state index >= 15 is 0 Å². The van der Waals surface area contributed by atoms with Crippen LogP contribution in [0.3, 0.4) is 0 Å². The lowest BCUT2D eigenvalue weighted by Gasteiger charge is -2.07. The Labute approximate surface area is 132 Å². The molecule has 0 saturated carbocycles. The van der Waals surface area contributed by atoms with Gasteiger partial charge in [0.1, 0.15) is 5.82 Å². The zero-order chi connectivity index (χ0) is 15.8. The zero-order valence-corrected chi connectivity index (χ0v) is 12.7. The first-order valence-corrected chi connectivity index (χ1v) is 7.48. The topological polar surface area (TPSA) is 72.2 Å². The molecule has 6 nitrogen and oxygen atoms in total. The first kappa shape index (κ1) is 13.6. The Bertz CT molecular complexity index is 990. The van der Waals surface area contributed by atoms with E-state index in [4.69, 9.17) is 0 Å². The highest BCUT2D eigenvalue weighted by atomic mass is 16.1. The third-order valence-electron chi connectivity index (χ3n) is 3.96. The maximum absolute atomic E-state index is 12.5. The maximum atomic E-state index is 12.5. The van der Waals surface area contributed by atoms with E-state index in [-0.39, 0.29) is 5.91 Å². The van der Waals surface area contributed by atoms with Crippen molar-refractivity contribution in [1.82, 2.24) is 14.5 Å². The van der Waals surface area contributed by atoms with Gasteiger partial charge in [0.15, 0.2) is 0 Å². The van der Waals surface area contributed by atoms with Crippen molar-refractivity contribution >= 4 is 22.6 Å². The molecule has 1 aliphatic heterocycles. The summed E-state index contributed by atoms with van der Waals surface area (Å²) in [4.78, 5) is 25.4. The van der Waals surface area contributed by atoms with E-state index in [9.17, 15) is 4.79 Å². The van der Waals surface area contributed by atoms with Gasteiger partial charge in [0.2, 0.25) is 5.62 Å². The number of para-hydroxylation sites is 1. The minimum Gasteiger partial charge on any atom is -0.369 e. The van der Waals surface area contributed by atoms with E-state index in [1.165, 1.54) is 0 Å². The van der Waals surface area contributed by atoms with Crippen LogP contribution >= 0.6 is 0 Å². The second-order valence-electron chi connectivity index (χ2n) is 5.41. The van der Waals surface area contributed by atoms with Gasteiger partial charge in [-0.1, -0.05) is 12.1 Å². The molecule has 3 aromatic rings. The Morgan fingerprint density at radius 2 is 2.13 bits per heavy atom. The minimum absolute atomic E-state index is 0.319. The van der Waals surface area contributed by atoms with Gasteiger partial charge < -0.3 is 5.32 Å².